The summed E-state index contributed by atoms with van der Waals surface area (Å²) in [6.07, 6.45) is 0. The maximum absolute atomic E-state index is 10.8. The first-order valence-electron chi connectivity index (χ1n) is 4.43. The molecule has 0 aromatic heterocycles. The summed E-state index contributed by atoms with van der Waals surface area (Å²) >= 11 is 0. The van der Waals surface area contributed by atoms with E-state index in [4.69, 9.17) is 9.84 Å². The first-order chi connectivity index (χ1) is 6.56. The van der Waals surface area contributed by atoms with Crippen LogP contribution in [-0.4, -0.2) is 18.2 Å². The lowest BCUT2D eigenvalue weighted by molar-refractivity contribution is -0.138. The van der Waals surface area contributed by atoms with Crippen molar-refractivity contribution >= 4 is 5.97 Å². The quantitative estimate of drug-likeness (QED) is 0.802. The number of aliphatic carboxylic acids is 1. The molecule has 3 heteroatoms. The molecule has 14 heavy (non-hydrogen) atoms. The fourth-order valence-corrected chi connectivity index (χ4v) is 1.39. The Morgan fingerprint density at radius 1 is 1.50 bits per heavy atom. The highest BCUT2D eigenvalue weighted by Gasteiger charge is 2.15. The summed E-state index contributed by atoms with van der Waals surface area (Å²) in [6, 6.07) is 5.42. The predicted octanol–water partition coefficient (Wildman–Crippen LogP) is 2.19. The molecule has 0 bridgehead atoms. The van der Waals surface area contributed by atoms with Gasteiger partial charge in [0.05, 0.1) is 13.0 Å². The normalized spacial score (nSPS) is 12.2. The number of benzene rings is 1. The van der Waals surface area contributed by atoms with Crippen molar-refractivity contribution in [2.24, 2.45) is 0 Å². The van der Waals surface area contributed by atoms with Crippen LogP contribution in [-0.2, 0) is 4.79 Å². The van der Waals surface area contributed by atoms with Crippen molar-refractivity contribution in [1.29, 1.82) is 0 Å². The van der Waals surface area contributed by atoms with Gasteiger partial charge in [-0.25, -0.2) is 0 Å². The second kappa shape index (κ2) is 4.13. The topological polar surface area (TPSA) is 46.5 Å². The largest absolute Gasteiger partial charge is 0.497 e. The zero-order valence-corrected chi connectivity index (χ0v) is 8.57. The van der Waals surface area contributed by atoms with Crippen LogP contribution >= 0.6 is 0 Å². The number of carbonyl (C=O) groups is 1. The Hall–Kier alpha value is -1.51. The fraction of sp³-hybridized carbons (Fsp3) is 0.364. The first-order valence-corrected chi connectivity index (χ1v) is 4.43. The molecule has 1 N–H and O–H groups in total. The number of carboxylic acid groups (broad SMARTS) is 1. The van der Waals surface area contributed by atoms with E-state index in [9.17, 15) is 4.79 Å². The van der Waals surface area contributed by atoms with Crippen LogP contribution in [0.4, 0.5) is 0 Å². The molecular formula is C11H14O3. The molecular weight excluding hydrogens is 180 g/mol. The second-order valence-electron chi connectivity index (χ2n) is 3.28. The zero-order valence-electron chi connectivity index (χ0n) is 8.57. The van der Waals surface area contributed by atoms with Gasteiger partial charge in [0.1, 0.15) is 5.75 Å². The maximum atomic E-state index is 10.8. The first kappa shape index (κ1) is 10.6. The zero-order chi connectivity index (χ0) is 10.7. The maximum Gasteiger partial charge on any atom is 0.310 e. The summed E-state index contributed by atoms with van der Waals surface area (Å²) in [6.45, 7) is 3.56. The van der Waals surface area contributed by atoms with E-state index < -0.39 is 11.9 Å². The molecule has 76 valence electrons. The number of hydrogen-bond acceptors (Lipinski definition) is 2. The fourth-order valence-electron chi connectivity index (χ4n) is 1.39. The standard InChI is InChI=1S/C11H14O3/c1-7-6-9(14-3)4-5-10(7)8(2)11(12)13/h4-6,8H,1-3H3,(H,12,13)/t8-/m1/s1. The smallest absolute Gasteiger partial charge is 0.310 e. The van der Waals surface area contributed by atoms with E-state index in [1.807, 2.05) is 13.0 Å². The van der Waals surface area contributed by atoms with Crippen molar-refractivity contribution in [3.05, 3.63) is 29.3 Å². The van der Waals surface area contributed by atoms with Crippen LogP contribution in [0.3, 0.4) is 0 Å². The van der Waals surface area contributed by atoms with Crippen LogP contribution in [0.2, 0.25) is 0 Å². The van der Waals surface area contributed by atoms with Crippen molar-refractivity contribution in [3.63, 3.8) is 0 Å². The minimum absolute atomic E-state index is 0.471. The minimum atomic E-state index is -0.807. The number of carboxylic acids is 1. The summed E-state index contributed by atoms with van der Waals surface area (Å²) in [4.78, 5) is 10.8. The van der Waals surface area contributed by atoms with E-state index in [-0.39, 0.29) is 0 Å². The molecule has 1 atom stereocenters. The second-order valence-corrected chi connectivity index (χ2v) is 3.28. The Bertz CT molecular complexity index is 344. The van der Waals surface area contributed by atoms with E-state index >= 15 is 0 Å². The number of hydrogen-bond donors (Lipinski definition) is 1. The summed E-state index contributed by atoms with van der Waals surface area (Å²) in [5, 5.41) is 8.86. The molecule has 0 fully saturated rings. The van der Waals surface area contributed by atoms with Gasteiger partial charge in [0, 0.05) is 0 Å². The average Bonchev–Trinajstić information content (AvgIpc) is 2.16. The number of ether oxygens (including phenoxy) is 1. The molecule has 0 aliphatic heterocycles. The van der Waals surface area contributed by atoms with Crippen molar-refractivity contribution in [2.45, 2.75) is 19.8 Å². The lowest BCUT2D eigenvalue weighted by atomic mass is 9.96. The van der Waals surface area contributed by atoms with Crippen LogP contribution in [0, 0.1) is 6.92 Å². The van der Waals surface area contributed by atoms with Gasteiger partial charge >= 0.3 is 5.97 Å². The molecule has 1 aromatic carbocycles. The Morgan fingerprint density at radius 2 is 2.14 bits per heavy atom. The van der Waals surface area contributed by atoms with E-state index in [0.29, 0.717) is 0 Å². The van der Waals surface area contributed by atoms with Crippen molar-refractivity contribution in [1.82, 2.24) is 0 Å². The third-order valence-electron chi connectivity index (χ3n) is 2.31. The number of aryl methyl sites for hydroxylation is 1. The highest BCUT2D eigenvalue weighted by atomic mass is 16.5. The molecule has 0 aliphatic carbocycles. The molecule has 3 nitrogen and oxygen atoms in total. The van der Waals surface area contributed by atoms with Crippen LogP contribution in [0.15, 0.2) is 18.2 Å². The van der Waals surface area contributed by atoms with Gasteiger partial charge in [0.25, 0.3) is 0 Å². The number of rotatable bonds is 3. The Labute approximate surface area is 83.3 Å². The molecule has 0 spiro atoms. The predicted molar refractivity (Wildman–Crippen MR) is 53.8 cm³/mol. The third kappa shape index (κ3) is 2.05. The van der Waals surface area contributed by atoms with E-state index in [0.717, 1.165) is 16.9 Å². The minimum Gasteiger partial charge on any atom is -0.497 e. The van der Waals surface area contributed by atoms with E-state index in [1.165, 1.54) is 0 Å². The highest BCUT2D eigenvalue weighted by molar-refractivity contribution is 5.76. The monoisotopic (exact) mass is 194 g/mol. The Balaban J connectivity index is 3.05. The van der Waals surface area contributed by atoms with Crippen molar-refractivity contribution in [2.75, 3.05) is 7.11 Å². The van der Waals surface area contributed by atoms with Gasteiger partial charge < -0.3 is 9.84 Å². The molecule has 0 unspecified atom stereocenters. The molecule has 1 aromatic rings. The Morgan fingerprint density at radius 3 is 2.57 bits per heavy atom. The van der Waals surface area contributed by atoms with Gasteiger partial charge in [-0.05, 0) is 37.1 Å². The summed E-state index contributed by atoms with van der Waals surface area (Å²) < 4.78 is 5.04. The molecule has 1 rings (SSSR count). The Kier molecular flexibility index (Phi) is 3.12. The van der Waals surface area contributed by atoms with Gasteiger partial charge in [-0.2, -0.15) is 0 Å². The van der Waals surface area contributed by atoms with Gasteiger partial charge in [0.2, 0.25) is 0 Å². The molecule has 0 aliphatic rings. The molecule has 0 amide bonds. The number of methoxy groups -OCH3 is 1. The van der Waals surface area contributed by atoms with E-state index in [1.54, 1.807) is 26.2 Å². The molecule has 0 saturated heterocycles. The summed E-state index contributed by atoms with van der Waals surface area (Å²) in [5.74, 6) is -0.525. The van der Waals surface area contributed by atoms with Crippen LogP contribution in [0.1, 0.15) is 24.0 Å². The van der Waals surface area contributed by atoms with Gasteiger partial charge in [0.15, 0.2) is 0 Å². The summed E-state index contributed by atoms with van der Waals surface area (Å²) in [7, 11) is 1.59. The lowest BCUT2D eigenvalue weighted by Gasteiger charge is -2.11. The van der Waals surface area contributed by atoms with Gasteiger partial charge in [-0.1, -0.05) is 6.07 Å². The van der Waals surface area contributed by atoms with Crippen molar-refractivity contribution in [3.8, 4) is 5.75 Å². The van der Waals surface area contributed by atoms with Crippen molar-refractivity contribution < 1.29 is 14.6 Å². The molecule has 0 radical (unpaired) electrons. The third-order valence-corrected chi connectivity index (χ3v) is 2.31. The van der Waals surface area contributed by atoms with Crippen LogP contribution in [0.25, 0.3) is 0 Å². The SMILES string of the molecule is COc1ccc([C@@H](C)C(=O)O)c(C)c1. The van der Waals surface area contributed by atoms with Gasteiger partial charge in [-0.15, -0.1) is 0 Å². The van der Waals surface area contributed by atoms with Crippen LogP contribution in [0.5, 0.6) is 5.75 Å². The molecule has 0 heterocycles. The lowest BCUT2D eigenvalue weighted by Crippen LogP contribution is -2.08. The van der Waals surface area contributed by atoms with E-state index in [2.05, 4.69) is 0 Å². The van der Waals surface area contributed by atoms with Gasteiger partial charge in [-0.3, -0.25) is 4.79 Å². The van der Waals surface area contributed by atoms with Crippen LogP contribution < -0.4 is 4.74 Å². The summed E-state index contributed by atoms with van der Waals surface area (Å²) in [5.41, 5.74) is 1.78. The average molecular weight is 194 g/mol. The highest BCUT2D eigenvalue weighted by Crippen LogP contribution is 2.23. The molecule has 0 saturated carbocycles.